The molecule has 0 radical (unpaired) electrons. The van der Waals surface area contributed by atoms with Crippen molar-refractivity contribution in [3.63, 3.8) is 0 Å². The molecular formula is C103H92BN3. The fourth-order valence-electron chi connectivity index (χ4n) is 17.7. The standard InChI is InChI=1S/C103H92BN3/c1-99(2,3)74-45-42-67(43-46-74)70-44-50-88-92(57-70)107(98-82(68-34-23-17-24-35-68)62-77(102(10,11)12)63-83(98)69-36-25-18-26-37-69)95-59-73(80-39-29-41-87-96(80)81-38-27-28-40-86(81)103(87,13)14)58-94-97(95)104(88)89-51-49-78(105-90-52-47-75(100(4,5)6)60-84(90)85-61-76(101(7,8)9)48-53-91(85)105)64-93(89)106(94)79-55-71(65-30-19-15-20-31-65)54-72(56-79)66-32-21-16-22-33-66/h15-64H,1-14H3. The van der Waals surface area contributed by atoms with Crippen molar-refractivity contribution in [2.24, 2.45) is 0 Å². The van der Waals surface area contributed by atoms with Gasteiger partial charge in [-0.05, 0) is 223 Å². The fourth-order valence-corrected chi connectivity index (χ4v) is 17.7. The van der Waals surface area contributed by atoms with Gasteiger partial charge in [0.05, 0.1) is 16.7 Å². The van der Waals surface area contributed by atoms with Gasteiger partial charge < -0.3 is 14.4 Å². The van der Waals surface area contributed by atoms with Crippen LogP contribution in [0.5, 0.6) is 0 Å². The van der Waals surface area contributed by atoms with Crippen LogP contribution in [0.4, 0.5) is 34.1 Å². The molecule has 3 aliphatic rings. The summed E-state index contributed by atoms with van der Waals surface area (Å²) in [4.78, 5) is 5.43. The van der Waals surface area contributed by atoms with Crippen LogP contribution in [-0.4, -0.2) is 11.3 Å². The van der Waals surface area contributed by atoms with Crippen LogP contribution in [0.2, 0.25) is 0 Å². The summed E-state index contributed by atoms with van der Waals surface area (Å²) in [7, 11) is 0. The Kier molecular flexibility index (Phi) is 15.6. The van der Waals surface area contributed by atoms with Crippen molar-refractivity contribution in [1.82, 2.24) is 4.57 Å². The van der Waals surface area contributed by atoms with Gasteiger partial charge in [0.2, 0.25) is 0 Å². The maximum absolute atomic E-state index is 2.74. The van der Waals surface area contributed by atoms with Crippen molar-refractivity contribution in [2.45, 2.75) is 124 Å². The summed E-state index contributed by atoms with van der Waals surface area (Å²) in [6.45, 7) is 32.6. The van der Waals surface area contributed by atoms with Crippen LogP contribution in [0.1, 0.15) is 130 Å². The first kappa shape index (κ1) is 67.4. The number of nitrogens with zero attached hydrogens (tertiary/aromatic N) is 3. The molecule has 2 aliphatic heterocycles. The van der Waals surface area contributed by atoms with E-state index in [2.05, 4.69) is 415 Å². The van der Waals surface area contributed by atoms with E-state index in [9.17, 15) is 0 Å². The third kappa shape index (κ3) is 11.3. The molecule has 0 saturated heterocycles. The molecule has 0 N–H and O–H groups in total. The van der Waals surface area contributed by atoms with E-state index in [4.69, 9.17) is 0 Å². The van der Waals surface area contributed by atoms with Crippen LogP contribution < -0.4 is 26.2 Å². The predicted molar refractivity (Wildman–Crippen MR) is 460 cm³/mol. The Morgan fingerprint density at radius 2 is 0.701 bits per heavy atom. The average Bonchev–Trinajstić information content (AvgIpc) is 1.53. The molecule has 522 valence electrons. The summed E-state index contributed by atoms with van der Waals surface area (Å²) >= 11 is 0. The number of hydrogen-bond donors (Lipinski definition) is 0. The molecule has 0 amide bonds. The SMILES string of the molecule is CC(C)(C)c1ccc(-c2ccc3c(c2)N(c2c(-c4ccccc4)cc(C(C)(C)C)cc2-c2ccccc2)c2cc(-c4cccc5c4-c4ccccc4C5(C)C)cc4c2B3c2ccc(-n3c5ccc(C(C)(C)C)cc5c5cc(C(C)(C)C)ccc53)cc2N4c2cc(-c3ccccc3)cc(-c3ccccc3)c2)cc1. The Bertz CT molecular complexity index is 5860. The van der Waals surface area contributed by atoms with Gasteiger partial charge in [-0.25, -0.2) is 0 Å². The van der Waals surface area contributed by atoms with Crippen LogP contribution in [-0.2, 0) is 27.1 Å². The Labute approximate surface area is 633 Å². The zero-order valence-corrected chi connectivity index (χ0v) is 64.3. The lowest BCUT2D eigenvalue weighted by Gasteiger charge is -2.45. The molecule has 14 aromatic carbocycles. The lowest BCUT2D eigenvalue weighted by atomic mass is 9.33. The van der Waals surface area contributed by atoms with Crippen molar-refractivity contribution in [3.8, 4) is 83.6 Å². The minimum Gasteiger partial charge on any atom is -0.311 e. The van der Waals surface area contributed by atoms with E-state index in [1.165, 1.54) is 105 Å². The van der Waals surface area contributed by atoms with E-state index in [0.29, 0.717) is 0 Å². The van der Waals surface area contributed by atoms with E-state index in [1.54, 1.807) is 0 Å². The van der Waals surface area contributed by atoms with Crippen LogP contribution in [0.3, 0.4) is 0 Å². The molecule has 0 unspecified atom stereocenters. The Morgan fingerprint density at radius 1 is 0.271 bits per heavy atom. The largest absolute Gasteiger partial charge is 0.311 e. The first-order chi connectivity index (χ1) is 51.3. The number of anilines is 6. The molecule has 1 aliphatic carbocycles. The van der Waals surface area contributed by atoms with Crippen LogP contribution in [0, 0.1) is 0 Å². The van der Waals surface area contributed by atoms with Crippen molar-refractivity contribution in [3.05, 3.63) is 337 Å². The zero-order valence-electron chi connectivity index (χ0n) is 64.3. The predicted octanol–water partition coefficient (Wildman–Crippen LogP) is 26.4. The molecule has 0 bridgehead atoms. The van der Waals surface area contributed by atoms with Crippen molar-refractivity contribution in [2.75, 3.05) is 9.80 Å². The number of benzene rings is 14. The normalized spacial score (nSPS) is 13.7. The van der Waals surface area contributed by atoms with E-state index >= 15 is 0 Å². The summed E-state index contributed by atoms with van der Waals surface area (Å²) in [6.07, 6.45) is 0. The highest BCUT2D eigenvalue weighted by Crippen LogP contribution is 2.57. The van der Waals surface area contributed by atoms with E-state index in [1.807, 2.05) is 0 Å². The second kappa shape index (κ2) is 24.8. The van der Waals surface area contributed by atoms with Gasteiger partial charge in [0.25, 0.3) is 6.71 Å². The Hall–Kier alpha value is -11.5. The zero-order chi connectivity index (χ0) is 73.8. The molecule has 18 rings (SSSR count). The molecule has 0 saturated carbocycles. The highest BCUT2D eigenvalue weighted by molar-refractivity contribution is 7.00. The lowest BCUT2D eigenvalue weighted by Crippen LogP contribution is -2.61. The van der Waals surface area contributed by atoms with Crippen LogP contribution in [0.25, 0.3) is 105 Å². The molecule has 0 atom stereocenters. The van der Waals surface area contributed by atoms with Gasteiger partial charge in [0.15, 0.2) is 0 Å². The van der Waals surface area contributed by atoms with Gasteiger partial charge in [-0.1, -0.05) is 315 Å². The van der Waals surface area contributed by atoms with Crippen molar-refractivity contribution in [1.29, 1.82) is 0 Å². The maximum atomic E-state index is 2.74. The van der Waals surface area contributed by atoms with E-state index < -0.39 is 0 Å². The highest BCUT2D eigenvalue weighted by atomic mass is 15.2. The second-order valence-corrected chi connectivity index (χ2v) is 35.0. The topological polar surface area (TPSA) is 11.4 Å². The maximum Gasteiger partial charge on any atom is 0.252 e. The minimum atomic E-state index is -0.242. The van der Waals surface area contributed by atoms with Gasteiger partial charge >= 0.3 is 0 Å². The summed E-state index contributed by atoms with van der Waals surface area (Å²) in [5, 5.41) is 2.53. The van der Waals surface area contributed by atoms with Crippen LogP contribution >= 0.6 is 0 Å². The number of rotatable bonds is 9. The first-order valence-electron chi connectivity index (χ1n) is 38.4. The summed E-state index contributed by atoms with van der Waals surface area (Å²) < 4.78 is 2.56. The molecule has 107 heavy (non-hydrogen) atoms. The molecule has 0 spiro atoms. The summed E-state index contributed by atoms with van der Waals surface area (Å²) in [5.74, 6) is 0. The van der Waals surface area contributed by atoms with Gasteiger partial charge in [0, 0.05) is 61.4 Å². The van der Waals surface area contributed by atoms with Gasteiger partial charge in [-0.2, -0.15) is 0 Å². The first-order valence-corrected chi connectivity index (χ1v) is 38.4. The molecule has 0 fully saturated rings. The Balaban J connectivity index is 1.02. The third-order valence-electron chi connectivity index (χ3n) is 23.6. The Morgan fingerprint density at radius 3 is 1.23 bits per heavy atom. The van der Waals surface area contributed by atoms with E-state index in [0.717, 1.165) is 84.3 Å². The molecule has 15 aromatic rings. The molecular weight excluding hydrogens is 1290 g/mol. The van der Waals surface area contributed by atoms with E-state index in [-0.39, 0.29) is 33.8 Å². The summed E-state index contributed by atoms with van der Waals surface area (Å²) in [5.41, 5.74) is 37.9. The second-order valence-electron chi connectivity index (χ2n) is 35.0. The molecule has 3 heterocycles. The number of fused-ring (bicyclic) bond motifs is 10. The van der Waals surface area contributed by atoms with Crippen molar-refractivity contribution >= 4 is 79.0 Å². The smallest absolute Gasteiger partial charge is 0.252 e. The highest BCUT2D eigenvalue weighted by Gasteiger charge is 2.46. The molecule has 3 nitrogen and oxygen atoms in total. The van der Waals surface area contributed by atoms with Gasteiger partial charge in [0.1, 0.15) is 0 Å². The third-order valence-corrected chi connectivity index (χ3v) is 23.6. The van der Waals surface area contributed by atoms with Gasteiger partial charge in [-0.3, -0.25) is 0 Å². The van der Waals surface area contributed by atoms with Crippen molar-refractivity contribution < 1.29 is 0 Å². The molecule has 1 aromatic heterocycles. The minimum absolute atomic E-state index is 0.0108. The molecule has 4 heteroatoms. The van der Waals surface area contributed by atoms with Crippen LogP contribution in [0.15, 0.2) is 303 Å². The number of hydrogen-bond acceptors (Lipinski definition) is 2. The monoisotopic (exact) mass is 1380 g/mol. The number of aromatic nitrogens is 1. The summed E-state index contributed by atoms with van der Waals surface area (Å²) in [6, 6.07) is 117. The fraction of sp³-hybridized carbons (Fsp3) is 0.184. The van der Waals surface area contributed by atoms with Gasteiger partial charge in [-0.15, -0.1) is 0 Å². The average molecular weight is 1380 g/mol. The quantitative estimate of drug-likeness (QED) is 0.133. The lowest BCUT2D eigenvalue weighted by molar-refractivity contribution is 0.590.